The van der Waals surface area contributed by atoms with Gasteiger partial charge in [-0.1, -0.05) is 29.3 Å². The van der Waals surface area contributed by atoms with Gasteiger partial charge in [-0.3, -0.25) is 4.79 Å². The molecule has 1 atom stereocenters. The molecule has 0 radical (unpaired) electrons. The number of nitrogens with zero attached hydrogens (tertiary/aromatic N) is 1. The molecule has 0 unspecified atom stereocenters. The summed E-state index contributed by atoms with van der Waals surface area (Å²) in [5.41, 5.74) is 0.883. The van der Waals surface area contributed by atoms with Crippen molar-refractivity contribution in [2.24, 2.45) is 0 Å². The van der Waals surface area contributed by atoms with Gasteiger partial charge in [-0.2, -0.15) is 5.26 Å². The van der Waals surface area contributed by atoms with Crippen LogP contribution in [0.15, 0.2) is 42.5 Å². The topological polar surface area (TPSA) is 79.2 Å². The lowest BCUT2D eigenvalue weighted by Gasteiger charge is -2.14. The zero-order valence-corrected chi connectivity index (χ0v) is 14.1. The number of carbonyl (C=O) groups excluding carboxylic acids is 2. The molecular weight excluding hydrogens is 351 g/mol. The SMILES string of the molecule is C[C@H](OC(=O)c1cccc(C#N)c1)C(=O)Nc1ccc(Cl)cc1Cl. The Morgan fingerprint density at radius 2 is 1.96 bits per heavy atom. The number of carbonyl (C=O) groups is 2. The molecule has 7 heteroatoms. The third-order valence-corrected chi connectivity index (χ3v) is 3.62. The van der Waals surface area contributed by atoms with Crippen LogP contribution in [-0.4, -0.2) is 18.0 Å². The zero-order valence-electron chi connectivity index (χ0n) is 12.5. The molecular formula is C17H12Cl2N2O3. The molecule has 0 saturated carbocycles. The van der Waals surface area contributed by atoms with E-state index in [-0.39, 0.29) is 10.6 Å². The highest BCUT2D eigenvalue weighted by Crippen LogP contribution is 2.25. The fourth-order valence-corrected chi connectivity index (χ4v) is 2.28. The largest absolute Gasteiger partial charge is 0.449 e. The predicted octanol–water partition coefficient (Wildman–Crippen LogP) is 4.05. The Morgan fingerprint density at radius 3 is 2.62 bits per heavy atom. The Balaban J connectivity index is 2.03. The number of benzene rings is 2. The number of amides is 1. The van der Waals surface area contributed by atoms with Gasteiger partial charge in [0.1, 0.15) is 0 Å². The summed E-state index contributed by atoms with van der Waals surface area (Å²) in [5.74, 6) is -1.24. The van der Waals surface area contributed by atoms with E-state index < -0.39 is 18.0 Å². The second kappa shape index (κ2) is 7.82. The van der Waals surface area contributed by atoms with Crippen LogP contribution in [0.4, 0.5) is 5.69 Å². The van der Waals surface area contributed by atoms with Gasteiger partial charge in [0.2, 0.25) is 0 Å². The van der Waals surface area contributed by atoms with E-state index in [9.17, 15) is 9.59 Å². The first kappa shape index (κ1) is 17.8. The van der Waals surface area contributed by atoms with Crippen molar-refractivity contribution in [3.05, 3.63) is 63.6 Å². The van der Waals surface area contributed by atoms with Crippen LogP contribution in [0.5, 0.6) is 0 Å². The van der Waals surface area contributed by atoms with Gasteiger partial charge in [-0.25, -0.2) is 4.79 Å². The van der Waals surface area contributed by atoms with Crippen LogP contribution in [0.25, 0.3) is 0 Å². The van der Waals surface area contributed by atoms with Crippen molar-refractivity contribution in [2.75, 3.05) is 5.32 Å². The average Bonchev–Trinajstić information content (AvgIpc) is 2.57. The highest BCUT2D eigenvalue weighted by molar-refractivity contribution is 6.36. The molecule has 1 amide bonds. The van der Waals surface area contributed by atoms with E-state index in [1.54, 1.807) is 24.3 Å². The van der Waals surface area contributed by atoms with Crippen molar-refractivity contribution in [1.82, 2.24) is 0 Å². The van der Waals surface area contributed by atoms with Crippen LogP contribution in [-0.2, 0) is 9.53 Å². The molecule has 0 saturated heterocycles. The molecule has 0 bridgehead atoms. The molecule has 0 aliphatic heterocycles. The standard InChI is InChI=1S/C17H12Cl2N2O3/c1-10(16(22)21-15-6-5-13(18)8-14(15)19)24-17(23)12-4-2-3-11(7-12)9-20/h2-8,10H,1H3,(H,21,22)/t10-/m0/s1. The number of ether oxygens (including phenoxy) is 1. The number of nitriles is 1. The first-order valence-electron chi connectivity index (χ1n) is 6.88. The van der Waals surface area contributed by atoms with Crippen LogP contribution in [0, 0.1) is 11.3 Å². The number of esters is 1. The molecule has 0 aliphatic carbocycles. The van der Waals surface area contributed by atoms with Crippen molar-refractivity contribution in [3.63, 3.8) is 0 Å². The Bertz CT molecular complexity index is 831. The van der Waals surface area contributed by atoms with Gasteiger partial charge in [0.05, 0.1) is 27.9 Å². The van der Waals surface area contributed by atoms with Crippen LogP contribution in [0.2, 0.25) is 10.0 Å². The van der Waals surface area contributed by atoms with E-state index in [1.807, 2.05) is 6.07 Å². The maximum atomic E-state index is 12.1. The fourth-order valence-electron chi connectivity index (χ4n) is 1.82. The van der Waals surface area contributed by atoms with Crippen LogP contribution in [0.3, 0.4) is 0 Å². The molecule has 2 aromatic rings. The monoisotopic (exact) mass is 362 g/mol. The summed E-state index contributed by atoms with van der Waals surface area (Å²) in [6, 6.07) is 12.6. The maximum absolute atomic E-state index is 12.1. The summed E-state index contributed by atoms with van der Waals surface area (Å²) in [6.45, 7) is 1.44. The quantitative estimate of drug-likeness (QED) is 0.832. The number of halogens is 2. The van der Waals surface area contributed by atoms with Gasteiger partial charge in [0.25, 0.3) is 5.91 Å². The van der Waals surface area contributed by atoms with Gasteiger partial charge in [-0.15, -0.1) is 0 Å². The molecule has 5 nitrogen and oxygen atoms in total. The van der Waals surface area contributed by atoms with Crippen molar-refractivity contribution in [2.45, 2.75) is 13.0 Å². The van der Waals surface area contributed by atoms with Gasteiger partial charge in [0.15, 0.2) is 6.10 Å². The molecule has 0 aliphatic rings. The Kier molecular flexibility index (Phi) is 5.80. The molecule has 2 rings (SSSR count). The number of anilines is 1. The summed E-state index contributed by atoms with van der Waals surface area (Å²) in [6.07, 6.45) is -1.05. The fraction of sp³-hybridized carbons (Fsp3) is 0.118. The second-order valence-corrected chi connectivity index (χ2v) is 5.70. The highest BCUT2D eigenvalue weighted by atomic mass is 35.5. The minimum atomic E-state index is -1.05. The Labute approximate surface area is 148 Å². The van der Waals surface area contributed by atoms with E-state index >= 15 is 0 Å². The predicted molar refractivity (Wildman–Crippen MR) is 91.1 cm³/mol. The van der Waals surface area contributed by atoms with E-state index in [0.29, 0.717) is 16.3 Å². The molecule has 0 heterocycles. The van der Waals surface area contributed by atoms with Crippen LogP contribution < -0.4 is 5.32 Å². The normalized spacial score (nSPS) is 11.2. The molecule has 0 spiro atoms. The molecule has 2 aromatic carbocycles. The maximum Gasteiger partial charge on any atom is 0.338 e. The third-order valence-electron chi connectivity index (χ3n) is 3.07. The smallest absolute Gasteiger partial charge is 0.338 e. The van der Waals surface area contributed by atoms with Gasteiger partial charge in [-0.05, 0) is 43.3 Å². The summed E-state index contributed by atoms with van der Waals surface area (Å²) in [4.78, 5) is 24.1. The molecule has 122 valence electrons. The highest BCUT2D eigenvalue weighted by Gasteiger charge is 2.20. The summed E-state index contributed by atoms with van der Waals surface area (Å²) in [5, 5.41) is 12.1. The molecule has 0 aromatic heterocycles. The van der Waals surface area contributed by atoms with Crippen molar-refractivity contribution < 1.29 is 14.3 Å². The summed E-state index contributed by atoms with van der Waals surface area (Å²) < 4.78 is 5.10. The van der Waals surface area contributed by atoms with Crippen LogP contribution >= 0.6 is 23.2 Å². The molecule has 1 N–H and O–H groups in total. The number of rotatable bonds is 4. The van der Waals surface area contributed by atoms with Gasteiger partial charge in [0, 0.05) is 5.02 Å². The Hall–Kier alpha value is -2.55. The van der Waals surface area contributed by atoms with E-state index in [1.165, 1.54) is 25.1 Å². The van der Waals surface area contributed by atoms with E-state index in [2.05, 4.69) is 5.32 Å². The van der Waals surface area contributed by atoms with E-state index in [0.717, 1.165) is 0 Å². The van der Waals surface area contributed by atoms with Crippen LogP contribution in [0.1, 0.15) is 22.8 Å². The van der Waals surface area contributed by atoms with E-state index in [4.69, 9.17) is 33.2 Å². The lowest BCUT2D eigenvalue weighted by atomic mass is 10.1. The molecule has 24 heavy (non-hydrogen) atoms. The first-order valence-corrected chi connectivity index (χ1v) is 7.63. The number of hydrogen-bond acceptors (Lipinski definition) is 4. The lowest BCUT2D eigenvalue weighted by Crippen LogP contribution is -2.30. The molecule has 0 fully saturated rings. The number of hydrogen-bond donors (Lipinski definition) is 1. The van der Waals surface area contributed by atoms with Gasteiger partial charge < -0.3 is 10.1 Å². The van der Waals surface area contributed by atoms with Crippen molar-refractivity contribution in [1.29, 1.82) is 5.26 Å². The van der Waals surface area contributed by atoms with Crippen molar-refractivity contribution >= 4 is 40.8 Å². The zero-order chi connectivity index (χ0) is 17.7. The van der Waals surface area contributed by atoms with Gasteiger partial charge >= 0.3 is 5.97 Å². The lowest BCUT2D eigenvalue weighted by molar-refractivity contribution is -0.123. The average molecular weight is 363 g/mol. The minimum absolute atomic E-state index is 0.193. The first-order chi connectivity index (χ1) is 11.4. The van der Waals surface area contributed by atoms with Crippen molar-refractivity contribution in [3.8, 4) is 6.07 Å². The Morgan fingerprint density at radius 1 is 1.21 bits per heavy atom. The minimum Gasteiger partial charge on any atom is -0.449 e. The number of nitrogens with one attached hydrogen (secondary N) is 1. The third kappa shape index (κ3) is 4.48. The summed E-state index contributed by atoms with van der Waals surface area (Å²) in [7, 11) is 0. The second-order valence-electron chi connectivity index (χ2n) is 4.85. The summed E-state index contributed by atoms with van der Waals surface area (Å²) >= 11 is 11.8.